The number of hydrogen-bond donors (Lipinski definition) is 1. The number of allylic oxidation sites excluding steroid dienone is 2. The maximum Gasteiger partial charge on any atom is 0.326 e. The number of hydrogen-bond acceptors (Lipinski definition) is 5. The molecule has 0 saturated carbocycles. The van der Waals surface area contributed by atoms with Gasteiger partial charge in [-0.2, -0.15) is 0 Å². The first-order chi connectivity index (χ1) is 10.7. The third kappa shape index (κ3) is 4.18. The lowest BCUT2D eigenvalue weighted by Gasteiger charge is -2.20. The topological polar surface area (TPSA) is 92.8 Å². The van der Waals surface area contributed by atoms with E-state index in [1.165, 1.54) is 0 Å². The zero-order chi connectivity index (χ0) is 17.2. The van der Waals surface area contributed by atoms with Crippen molar-refractivity contribution in [3.63, 3.8) is 0 Å². The molecule has 0 bridgehead atoms. The number of carbonyl (C=O) groups excluding carboxylic acids is 4. The second kappa shape index (κ2) is 6.52. The summed E-state index contributed by atoms with van der Waals surface area (Å²) < 4.78 is 4.85. The third-order valence-electron chi connectivity index (χ3n) is 3.76. The van der Waals surface area contributed by atoms with Crippen LogP contribution < -0.4 is 5.32 Å². The van der Waals surface area contributed by atoms with Crippen LogP contribution in [0.2, 0.25) is 0 Å². The molecule has 23 heavy (non-hydrogen) atoms. The van der Waals surface area contributed by atoms with Gasteiger partial charge < -0.3 is 10.1 Å². The fourth-order valence-electron chi connectivity index (χ4n) is 2.80. The second-order valence-corrected chi connectivity index (χ2v) is 6.88. The first kappa shape index (κ1) is 17.2. The normalized spacial score (nSPS) is 23.7. The standard InChI is InChI=1S/C16H22N2O5/c1-16(2,3)17-12(19)9-23-13(20)8-18-14(21)10-6-4-5-7-11(10)15(18)22/h4-5,10-11H,6-9H2,1-3H3,(H,17,19)/t10-,11-/m1/s1. The SMILES string of the molecule is CC(C)(C)NC(=O)COC(=O)CN1C(=O)[C@@H]2CC=CC[C@H]2C1=O. The summed E-state index contributed by atoms with van der Waals surface area (Å²) in [5, 5.41) is 2.65. The number of likely N-dealkylation sites (tertiary alicyclic amines) is 1. The summed E-state index contributed by atoms with van der Waals surface area (Å²) in [6.07, 6.45) is 4.81. The molecule has 1 fully saturated rings. The minimum absolute atomic E-state index is 0.333. The van der Waals surface area contributed by atoms with Gasteiger partial charge in [-0.3, -0.25) is 24.1 Å². The fourth-order valence-corrected chi connectivity index (χ4v) is 2.80. The zero-order valence-electron chi connectivity index (χ0n) is 13.6. The minimum atomic E-state index is -0.762. The maximum atomic E-state index is 12.2. The molecule has 126 valence electrons. The Morgan fingerprint density at radius 2 is 1.70 bits per heavy atom. The van der Waals surface area contributed by atoms with Crippen molar-refractivity contribution in [1.29, 1.82) is 0 Å². The van der Waals surface area contributed by atoms with Gasteiger partial charge in [-0.15, -0.1) is 0 Å². The third-order valence-corrected chi connectivity index (χ3v) is 3.76. The van der Waals surface area contributed by atoms with E-state index in [0.29, 0.717) is 12.8 Å². The minimum Gasteiger partial charge on any atom is -0.454 e. The Balaban J connectivity index is 1.85. The van der Waals surface area contributed by atoms with Gasteiger partial charge in [0.2, 0.25) is 11.8 Å². The van der Waals surface area contributed by atoms with E-state index in [0.717, 1.165) is 4.90 Å². The number of imide groups is 1. The van der Waals surface area contributed by atoms with Crippen molar-refractivity contribution in [2.45, 2.75) is 39.2 Å². The number of esters is 1. The van der Waals surface area contributed by atoms with Crippen LogP contribution in [-0.4, -0.2) is 47.3 Å². The van der Waals surface area contributed by atoms with Crippen molar-refractivity contribution in [2.75, 3.05) is 13.2 Å². The molecule has 3 amide bonds. The summed E-state index contributed by atoms with van der Waals surface area (Å²) in [5.41, 5.74) is -0.424. The van der Waals surface area contributed by atoms with Gasteiger partial charge in [0.15, 0.2) is 6.61 Å². The van der Waals surface area contributed by atoms with Crippen molar-refractivity contribution < 1.29 is 23.9 Å². The van der Waals surface area contributed by atoms with E-state index >= 15 is 0 Å². The van der Waals surface area contributed by atoms with E-state index in [1.54, 1.807) is 0 Å². The highest BCUT2D eigenvalue weighted by Gasteiger charge is 2.47. The molecular formula is C16H22N2O5. The monoisotopic (exact) mass is 322 g/mol. The van der Waals surface area contributed by atoms with Crippen molar-refractivity contribution in [3.05, 3.63) is 12.2 Å². The molecule has 7 nitrogen and oxygen atoms in total. The molecule has 1 heterocycles. The van der Waals surface area contributed by atoms with Crippen molar-refractivity contribution >= 4 is 23.7 Å². The van der Waals surface area contributed by atoms with E-state index in [9.17, 15) is 19.2 Å². The van der Waals surface area contributed by atoms with Crippen LogP contribution in [0.15, 0.2) is 12.2 Å². The van der Waals surface area contributed by atoms with Gasteiger partial charge in [0.25, 0.3) is 5.91 Å². The van der Waals surface area contributed by atoms with E-state index < -0.39 is 30.6 Å². The molecule has 1 aliphatic carbocycles. The van der Waals surface area contributed by atoms with Crippen LogP contribution in [0.25, 0.3) is 0 Å². The quantitative estimate of drug-likeness (QED) is 0.459. The van der Waals surface area contributed by atoms with Crippen LogP contribution in [0, 0.1) is 11.8 Å². The number of amides is 3. The average molecular weight is 322 g/mol. The average Bonchev–Trinajstić information content (AvgIpc) is 2.69. The Morgan fingerprint density at radius 3 is 2.17 bits per heavy atom. The lowest BCUT2D eigenvalue weighted by Crippen LogP contribution is -2.43. The zero-order valence-corrected chi connectivity index (χ0v) is 13.6. The molecule has 2 rings (SSSR count). The summed E-state index contributed by atoms with van der Waals surface area (Å²) in [6, 6.07) is 0. The van der Waals surface area contributed by atoms with E-state index in [4.69, 9.17) is 4.74 Å². The van der Waals surface area contributed by atoms with Gasteiger partial charge in [0.05, 0.1) is 11.8 Å². The highest BCUT2D eigenvalue weighted by atomic mass is 16.5. The molecule has 0 spiro atoms. The summed E-state index contributed by atoms with van der Waals surface area (Å²) >= 11 is 0. The van der Waals surface area contributed by atoms with Gasteiger partial charge in [-0.1, -0.05) is 12.2 Å². The Hall–Kier alpha value is -2.18. The van der Waals surface area contributed by atoms with Gasteiger partial charge in [0, 0.05) is 5.54 Å². The lowest BCUT2D eigenvalue weighted by atomic mass is 9.85. The van der Waals surface area contributed by atoms with Gasteiger partial charge in [0.1, 0.15) is 6.54 Å². The molecule has 0 unspecified atom stereocenters. The molecule has 0 aromatic rings. The van der Waals surface area contributed by atoms with Crippen LogP contribution in [-0.2, 0) is 23.9 Å². The van der Waals surface area contributed by atoms with Gasteiger partial charge in [-0.25, -0.2) is 0 Å². The first-order valence-corrected chi connectivity index (χ1v) is 7.66. The molecule has 0 radical (unpaired) electrons. The van der Waals surface area contributed by atoms with Crippen molar-refractivity contribution in [2.24, 2.45) is 11.8 Å². The maximum absolute atomic E-state index is 12.2. The molecule has 0 aromatic heterocycles. The fraction of sp³-hybridized carbons (Fsp3) is 0.625. The predicted octanol–water partition coefficient (Wildman–Crippen LogP) is 0.395. The summed E-state index contributed by atoms with van der Waals surface area (Å²) in [7, 11) is 0. The molecule has 1 N–H and O–H groups in total. The van der Waals surface area contributed by atoms with Crippen LogP contribution in [0.1, 0.15) is 33.6 Å². The number of ether oxygens (including phenoxy) is 1. The number of fused-ring (bicyclic) bond motifs is 1. The summed E-state index contributed by atoms with van der Waals surface area (Å²) in [4.78, 5) is 48.7. The number of rotatable bonds is 4. The summed E-state index contributed by atoms with van der Waals surface area (Å²) in [5.74, 6) is -2.60. The lowest BCUT2D eigenvalue weighted by molar-refractivity contribution is -0.155. The molecule has 2 atom stereocenters. The van der Waals surface area contributed by atoms with Gasteiger partial charge >= 0.3 is 5.97 Å². The van der Waals surface area contributed by atoms with Crippen LogP contribution in [0.3, 0.4) is 0 Å². The molecule has 1 saturated heterocycles. The predicted molar refractivity (Wildman–Crippen MR) is 80.9 cm³/mol. The Kier molecular flexibility index (Phi) is 4.87. The van der Waals surface area contributed by atoms with Crippen molar-refractivity contribution in [3.8, 4) is 0 Å². The van der Waals surface area contributed by atoms with E-state index in [2.05, 4.69) is 5.32 Å². The number of carbonyl (C=O) groups is 4. The van der Waals surface area contributed by atoms with E-state index in [-0.39, 0.29) is 23.7 Å². The molecule has 0 aromatic carbocycles. The van der Waals surface area contributed by atoms with Gasteiger partial charge in [-0.05, 0) is 33.6 Å². The van der Waals surface area contributed by atoms with Crippen LogP contribution >= 0.6 is 0 Å². The number of nitrogens with one attached hydrogen (secondary N) is 1. The molecule has 1 aliphatic heterocycles. The summed E-state index contributed by atoms with van der Waals surface area (Å²) in [6.45, 7) is 4.56. The number of nitrogens with zero attached hydrogens (tertiary/aromatic N) is 1. The molecular weight excluding hydrogens is 300 g/mol. The Morgan fingerprint density at radius 1 is 1.17 bits per heavy atom. The van der Waals surface area contributed by atoms with Crippen LogP contribution in [0.4, 0.5) is 0 Å². The van der Waals surface area contributed by atoms with Crippen molar-refractivity contribution in [1.82, 2.24) is 10.2 Å². The smallest absolute Gasteiger partial charge is 0.326 e. The first-order valence-electron chi connectivity index (χ1n) is 7.66. The second-order valence-electron chi connectivity index (χ2n) is 6.88. The largest absolute Gasteiger partial charge is 0.454 e. The Labute approximate surface area is 135 Å². The highest BCUT2D eigenvalue weighted by molar-refractivity contribution is 6.07. The Bertz CT molecular complexity index is 535. The molecule has 2 aliphatic rings. The molecule has 7 heteroatoms. The van der Waals surface area contributed by atoms with Crippen LogP contribution in [0.5, 0.6) is 0 Å². The highest BCUT2D eigenvalue weighted by Crippen LogP contribution is 2.34. The van der Waals surface area contributed by atoms with E-state index in [1.807, 2.05) is 32.9 Å².